The van der Waals surface area contributed by atoms with E-state index >= 15 is 0 Å². The van der Waals surface area contributed by atoms with Gasteiger partial charge in [-0.25, -0.2) is 19.6 Å². The first kappa shape index (κ1) is 29.5. The zero-order valence-electron chi connectivity index (χ0n) is 21.6. The molecule has 2 N–H and O–H groups in total. The minimum absolute atomic E-state index is 0.0947. The van der Waals surface area contributed by atoms with Gasteiger partial charge in [0.1, 0.15) is 17.9 Å². The van der Waals surface area contributed by atoms with Crippen molar-refractivity contribution in [3.8, 4) is 5.88 Å². The largest absolute Gasteiger partial charge is 0.503 e. The number of carbonyl (C=O) groups excluding carboxylic acids is 2. The fraction of sp³-hybridized carbons (Fsp3) is 0.185. The summed E-state index contributed by atoms with van der Waals surface area (Å²) in [7, 11) is 3.92. The standard InChI is InChI=1S/C18H16F3NO4.C9H9N3O2/c1-24-11-14(17(23)25-2)13-7-4-3-6-12(13)10-26-16-9-5-8-15(22-16)18(19,20)21;1-14-9(13)12-8-10-6-4-2-3-5-7(6)11-8/h3-9,11H,10H2,1-2H3;2-5H,1H3,(H2,10,11,12,13)/b14-11+;. The second kappa shape index (κ2) is 13.6. The number of halogens is 3. The van der Waals surface area contributed by atoms with Crippen LogP contribution in [0, 0.1) is 0 Å². The molecule has 40 heavy (non-hydrogen) atoms. The number of rotatable bonds is 7. The number of H-pyrrole nitrogens is 1. The molecular weight excluding hydrogens is 533 g/mol. The summed E-state index contributed by atoms with van der Waals surface area (Å²) >= 11 is 0. The zero-order chi connectivity index (χ0) is 29.1. The van der Waals surface area contributed by atoms with Gasteiger partial charge in [-0.15, -0.1) is 0 Å². The number of imidazole rings is 1. The average molecular weight is 559 g/mol. The van der Waals surface area contributed by atoms with Gasteiger partial charge in [-0.1, -0.05) is 42.5 Å². The van der Waals surface area contributed by atoms with E-state index in [0.717, 1.165) is 17.1 Å². The highest BCUT2D eigenvalue weighted by Crippen LogP contribution is 2.29. The van der Waals surface area contributed by atoms with E-state index in [0.29, 0.717) is 17.1 Å². The number of benzene rings is 2. The van der Waals surface area contributed by atoms with E-state index in [9.17, 15) is 22.8 Å². The molecule has 0 aliphatic carbocycles. The monoisotopic (exact) mass is 558 g/mol. The van der Waals surface area contributed by atoms with Crippen molar-refractivity contribution in [2.45, 2.75) is 12.8 Å². The van der Waals surface area contributed by atoms with Crippen LogP contribution in [0.2, 0.25) is 0 Å². The summed E-state index contributed by atoms with van der Waals surface area (Å²) in [6, 6.07) is 17.6. The van der Waals surface area contributed by atoms with Gasteiger partial charge in [0, 0.05) is 6.07 Å². The third-order valence-electron chi connectivity index (χ3n) is 5.13. The number of aromatic nitrogens is 3. The molecule has 13 heteroatoms. The SMILES string of the molecule is CO/C=C(/C(=O)OC)c1ccccc1COc1cccc(C(F)(F)F)n1.COC(=O)Nc1nc2ccccc2[nH]1. The van der Waals surface area contributed by atoms with Crippen molar-refractivity contribution < 1.29 is 41.7 Å². The predicted molar refractivity (Wildman–Crippen MR) is 139 cm³/mol. The van der Waals surface area contributed by atoms with Gasteiger partial charge in [0.25, 0.3) is 0 Å². The minimum atomic E-state index is -4.56. The lowest BCUT2D eigenvalue weighted by Crippen LogP contribution is -2.11. The van der Waals surface area contributed by atoms with Gasteiger partial charge in [-0.2, -0.15) is 13.2 Å². The van der Waals surface area contributed by atoms with Crippen LogP contribution in [-0.4, -0.2) is 48.3 Å². The molecule has 0 aliphatic rings. The van der Waals surface area contributed by atoms with Crippen molar-refractivity contribution >= 4 is 34.6 Å². The molecule has 10 nitrogen and oxygen atoms in total. The number of esters is 1. The van der Waals surface area contributed by atoms with Gasteiger partial charge < -0.3 is 23.9 Å². The highest BCUT2D eigenvalue weighted by atomic mass is 19.4. The van der Waals surface area contributed by atoms with Crippen LogP contribution in [0.3, 0.4) is 0 Å². The Morgan fingerprint density at radius 1 is 0.925 bits per heavy atom. The van der Waals surface area contributed by atoms with E-state index in [1.165, 1.54) is 39.7 Å². The second-order valence-electron chi connectivity index (χ2n) is 7.78. The summed E-state index contributed by atoms with van der Waals surface area (Å²) in [6.45, 7) is -0.0947. The number of anilines is 1. The number of nitrogens with one attached hydrogen (secondary N) is 2. The first-order valence-corrected chi connectivity index (χ1v) is 11.5. The Hall–Kier alpha value is -5.07. The summed E-state index contributed by atoms with van der Waals surface area (Å²) in [5, 5.41) is 2.45. The van der Waals surface area contributed by atoms with Crippen molar-refractivity contribution in [3.63, 3.8) is 0 Å². The van der Waals surface area contributed by atoms with Crippen LogP contribution in [0.15, 0.2) is 73.0 Å². The third-order valence-corrected chi connectivity index (χ3v) is 5.13. The molecule has 0 saturated carbocycles. The fourth-order valence-electron chi connectivity index (χ4n) is 3.32. The van der Waals surface area contributed by atoms with Gasteiger partial charge in [0.05, 0.1) is 38.6 Å². The fourth-order valence-corrected chi connectivity index (χ4v) is 3.32. The topological polar surface area (TPSA) is 125 Å². The number of para-hydroxylation sites is 2. The predicted octanol–water partition coefficient (Wildman–Crippen LogP) is 5.58. The normalized spacial score (nSPS) is 11.2. The van der Waals surface area contributed by atoms with Crippen LogP contribution in [-0.2, 0) is 31.8 Å². The molecular formula is C27H25F3N4O6. The number of amides is 1. The number of hydrogen-bond acceptors (Lipinski definition) is 8. The van der Waals surface area contributed by atoms with Crippen LogP contribution in [0.4, 0.5) is 23.9 Å². The number of carbonyl (C=O) groups is 2. The number of nitrogens with zero attached hydrogens (tertiary/aromatic N) is 2. The number of methoxy groups -OCH3 is 3. The quantitative estimate of drug-likeness (QED) is 0.171. The van der Waals surface area contributed by atoms with Crippen molar-refractivity contribution in [2.24, 2.45) is 0 Å². The molecule has 0 fully saturated rings. The van der Waals surface area contributed by atoms with Crippen LogP contribution in [0.25, 0.3) is 16.6 Å². The summed E-state index contributed by atoms with van der Waals surface area (Å²) in [5.74, 6) is -0.403. The highest BCUT2D eigenvalue weighted by molar-refractivity contribution is 6.16. The Balaban J connectivity index is 0.000000263. The Labute approximate surface area is 226 Å². The number of pyridine rings is 1. The van der Waals surface area contributed by atoms with E-state index in [1.54, 1.807) is 24.3 Å². The molecule has 0 saturated heterocycles. The summed E-state index contributed by atoms with van der Waals surface area (Å²) in [5.41, 5.74) is 1.83. The summed E-state index contributed by atoms with van der Waals surface area (Å²) in [4.78, 5) is 33.3. The van der Waals surface area contributed by atoms with Gasteiger partial charge >= 0.3 is 18.2 Å². The van der Waals surface area contributed by atoms with Crippen molar-refractivity contribution in [1.82, 2.24) is 15.0 Å². The van der Waals surface area contributed by atoms with Gasteiger partial charge in [0.2, 0.25) is 11.8 Å². The molecule has 1 amide bonds. The zero-order valence-corrected chi connectivity index (χ0v) is 21.6. The Morgan fingerprint density at radius 2 is 1.65 bits per heavy atom. The van der Waals surface area contributed by atoms with E-state index in [1.807, 2.05) is 24.3 Å². The summed E-state index contributed by atoms with van der Waals surface area (Å²) < 4.78 is 57.6. The molecule has 0 atom stereocenters. The molecule has 0 spiro atoms. The molecule has 0 bridgehead atoms. The molecule has 2 aromatic heterocycles. The highest BCUT2D eigenvalue weighted by Gasteiger charge is 2.32. The second-order valence-corrected chi connectivity index (χ2v) is 7.78. The maximum absolute atomic E-state index is 12.7. The average Bonchev–Trinajstić information content (AvgIpc) is 3.37. The number of alkyl halides is 3. The molecule has 2 heterocycles. The Morgan fingerprint density at radius 3 is 2.33 bits per heavy atom. The molecule has 210 valence electrons. The van der Waals surface area contributed by atoms with Crippen molar-refractivity contribution in [3.05, 3.63) is 89.8 Å². The van der Waals surface area contributed by atoms with Crippen LogP contribution >= 0.6 is 0 Å². The number of ether oxygens (including phenoxy) is 4. The molecule has 4 aromatic rings. The van der Waals surface area contributed by atoms with E-state index in [-0.39, 0.29) is 18.1 Å². The Kier molecular flexibility index (Phi) is 10.1. The van der Waals surface area contributed by atoms with E-state index in [4.69, 9.17) is 14.2 Å². The number of fused-ring (bicyclic) bond motifs is 1. The maximum Gasteiger partial charge on any atom is 0.433 e. The number of hydrogen-bond donors (Lipinski definition) is 2. The van der Waals surface area contributed by atoms with Crippen LogP contribution in [0.5, 0.6) is 5.88 Å². The Bertz CT molecular complexity index is 1450. The van der Waals surface area contributed by atoms with Crippen LogP contribution in [0.1, 0.15) is 16.8 Å². The number of aromatic amines is 1. The van der Waals surface area contributed by atoms with Crippen molar-refractivity contribution in [2.75, 3.05) is 26.6 Å². The van der Waals surface area contributed by atoms with Crippen molar-refractivity contribution in [1.29, 1.82) is 0 Å². The first-order chi connectivity index (χ1) is 19.2. The lowest BCUT2D eigenvalue weighted by molar-refractivity contribution is -0.141. The van der Waals surface area contributed by atoms with E-state index in [2.05, 4.69) is 25.0 Å². The van der Waals surface area contributed by atoms with E-state index < -0.39 is 23.9 Å². The van der Waals surface area contributed by atoms with Gasteiger partial charge in [0.15, 0.2) is 0 Å². The maximum atomic E-state index is 12.7. The molecule has 0 aliphatic heterocycles. The molecule has 2 aromatic carbocycles. The van der Waals surface area contributed by atoms with Crippen LogP contribution < -0.4 is 10.1 Å². The minimum Gasteiger partial charge on any atom is -0.503 e. The first-order valence-electron chi connectivity index (χ1n) is 11.5. The molecule has 0 radical (unpaired) electrons. The summed E-state index contributed by atoms with van der Waals surface area (Å²) in [6.07, 6.45) is -3.87. The lowest BCUT2D eigenvalue weighted by Gasteiger charge is -2.13. The van der Waals surface area contributed by atoms with Gasteiger partial charge in [-0.3, -0.25) is 5.32 Å². The molecule has 4 rings (SSSR count). The lowest BCUT2D eigenvalue weighted by atomic mass is 10.0. The third kappa shape index (κ3) is 7.96. The molecule has 0 unspecified atom stereocenters. The van der Waals surface area contributed by atoms with Gasteiger partial charge in [-0.05, 0) is 29.3 Å². The smallest absolute Gasteiger partial charge is 0.433 e.